The first kappa shape index (κ1) is 39.9. The molecule has 290 valence electrons. The molecule has 0 saturated carbocycles. The van der Waals surface area contributed by atoms with Crippen molar-refractivity contribution in [1.82, 2.24) is 10.2 Å². The molecule has 3 aliphatic heterocycles. The second-order valence-corrected chi connectivity index (χ2v) is 15.5. The van der Waals surface area contributed by atoms with E-state index in [0.29, 0.717) is 23.4 Å². The molecular formula is C43H48BrN3O8. The highest BCUT2D eigenvalue weighted by molar-refractivity contribution is 9.09. The van der Waals surface area contributed by atoms with Crippen LogP contribution in [0.5, 0.6) is 5.75 Å². The summed E-state index contributed by atoms with van der Waals surface area (Å²) in [6.07, 6.45) is 2.83. The van der Waals surface area contributed by atoms with Crippen molar-refractivity contribution in [2.45, 2.75) is 73.4 Å². The van der Waals surface area contributed by atoms with Crippen molar-refractivity contribution in [3.05, 3.63) is 121 Å². The number of nitrogens with zero attached hydrogens (tertiary/aromatic N) is 2. The third kappa shape index (κ3) is 7.85. The zero-order chi connectivity index (χ0) is 39.3. The van der Waals surface area contributed by atoms with Gasteiger partial charge in [0.05, 0.1) is 43.7 Å². The first-order chi connectivity index (χ1) is 26.6. The van der Waals surface area contributed by atoms with E-state index >= 15 is 9.59 Å². The molecule has 2 bridgehead atoms. The molecule has 3 amide bonds. The van der Waals surface area contributed by atoms with Gasteiger partial charge in [0.2, 0.25) is 11.8 Å². The molecule has 1 spiro atoms. The minimum absolute atomic E-state index is 0.120. The number of halogens is 1. The van der Waals surface area contributed by atoms with Crippen LogP contribution in [-0.4, -0.2) is 88.6 Å². The molecule has 3 saturated heterocycles. The van der Waals surface area contributed by atoms with Crippen LogP contribution < -0.4 is 15.0 Å². The van der Waals surface area contributed by atoms with E-state index in [1.54, 1.807) is 55.4 Å². The molecular weight excluding hydrogens is 766 g/mol. The highest BCUT2D eigenvalue weighted by Gasteiger charge is 2.77. The SMILES string of the molecule is C=CCCC(=O)N[C@@H](C)[C@H](OC(=O)[C@@H]1[C@H]2O[C@@]3(CC2Br)[C@H](C(=O)N(CC=C)c2ccc(OC)cc2)N([C@@H](CO)Cc2ccccc2)C(=O)[C@@H]13)c1ccccc1. The number of carbonyl (C=O) groups excluding carboxylic acids is 4. The number of aliphatic hydroxyl groups is 1. The molecule has 3 fully saturated rings. The monoisotopic (exact) mass is 813 g/mol. The zero-order valence-corrected chi connectivity index (χ0v) is 32.7. The van der Waals surface area contributed by atoms with Crippen LogP contribution in [-0.2, 0) is 35.1 Å². The highest BCUT2D eigenvalue weighted by atomic mass is 79.9. The van der Waals surface area contributed by atoms with Gasteiger partial charge < -0.3 is 34.4 Å². The van der Waals surface area contributed by atoms with Crippen molar-refractivity contribution in [2.75, 3.05) is 25.2 Å². The Morgan fingerprint density at radius 1 is 1.05 bits per heavy atom. The second kappa shape index (κ2) is 17.3. The largest absolute Gasteiger partial charge is 0.497 e. The number of hydrogen-bond acceptors (Lipinski definition) is 8. The van der Waals surface area contributed by atoms with Gasteiger partial charge in [0, 0.05) is 23.5 Å². The van der Waals surface area contributed by atoms with Crippen molar-refractivity contribution in [3.8, 4) is 5.75 Å². The van der Waals surface area contributed by atoms with Gasteiger partial charge in [0.25, 0.3) is 5.91 Å². The molecule has 6 rings (SSSR count). The Morgan fingerprint density at radius 3 is 2.35 bits per heavy atom. The van der Waals surface area contributed by atoms with Crippen molar-refractivity contribution < 1.29 is 38.5 Å². The Balaban J connectivity index is 1.40. The lowest BCUT2D eigenvalue weighted by Crippen LogP contribution is -2.59. The molecule has 2 N–H and O–H groups in total. The summed E-state index contributed by atoms with van der Waals surface area (Å²) in [5.41, 5.74) is 0.647. The fourth-order valence-electron chi connectivity index (χ4n) is 8.45. The summed E-state index contributed by atoms with van der Waals surface area (Å²) >= 11 is 3.75. The third-order valence-corrected chi connectivity index (χ3v) is 11.7. The molecule has 9 atom stereocenters. The second-order valence-electron chi connectivity index (χ2n) is 14.3. The van der Waals surface area contributed by atoms with E-state index in [1.807, 2.05) is 60.7 Å². The molecule has 0 aromatic heterocycles. The number of nitrogens with one attached hydrogen (secondary N) is 1. The predicted octanol–water partition coefficient (Wildman–Crippen LogP) is 5.32. The van der Waals surface area contributed by atoms with Gasteiger partial charge in [-0.3, -0.25) is 19.2 Å². The Kier molecular flexibility index (Phi) is 12.6. The zero-order valence-electron chi connectivity index (χ0n) is 31.1. The van der Waals surface area contributed by atoms with Gasteiger partial charge in [0.1, 0.15) is 23.5 Å². The number of methoxy groups -OCH3 is 1. The van der Waals surface area contributed by atoms with Crippen molar-refractivity contribution in [3.63, 3.8) is 0 Å². The third-order valence-electron chi connectivity index (χ3n) is 10.9. The first-order valence-electron chi connectivity index (χ1n) is 18.6. The van der Waals surface area contributed by atoms with Crippen molar-refractivity contribution in [2.24, 2.45) is 11.8 Å². The van der Waals surface area contributed by atoms with Crippen LogP contribution >= 0.6 is 15.9 Å². The lowest BCUT2D eigenvalue weighted by Gasteiger charge is -2.39. The number of hydrogen-bond donors (Lipinski definition) is 2. The number of carbonyl (C=O) groups is 4. The van der Waals surface area contributed by atoms with Gasteiger partial charge >= 0.3 is 5.97 Å². The standard InChI is InChI=1S/C43H48BrN3O8/c1-5-7-18-34(49)45-27(3)37(29-16-12-9-13-17-29)54-42(52)35-36-40(50)47(31(26-48)24-28-14-10-8-11-15-28)39(43(36)25-33(44)38(35)55-43)41(51)46(23-6-2)30-19-21-32(53-4)22-20-30/h5-6,8-17,19-22,27,31,33,35-39,48H,1-2,7,18,23-26H2,3-4H3,(H,45,49)/t27-,31+,33?,35-,36+,37-,38-,39-,43+/m0/s1. The number of rotatable bonds is 17. The number of ether oxygens (including phenoxy) is 3. The Bertz CT molecular complexity index is 1860. The van der Waals surface area contributed by atoms with Crippen molar-refractivity contribution in [1.29, 1.82) is 0 Å². The first-order valence-corrected chi connectivity index (χ1v) is 19.5. The number of esters is 1. The summed E-state index contributed by atoms with van der Waals surface area (Å²) in [7, 11) is 1.56. The average molecular weight is 815 g/mol. The fourth-order valence-corrected chi connectivity index (χ4v) is 9.39. The Hall–Kier alpha value is -4.78. The minimum Gasteiger partial charge on any atom is -0.497 e. The van der Waals surface area contributed by atoms with E-state index < -0.39 is 77.0 Å². The lowest BCUT2D eigenvalue weighted by atomic mass is 9.70. The number of benzene rings is 3. The molecule has 1 unspecified atom stereocenters. The number of anilines is 1. The number of fused-ring (bicyclic) bond motifs is 1. The molecule has 0 aliphatic carbocycles. The van der Waals surface area contributed by atoms with Crippen LogP contribution in [0, 0.1) is 11.8 Å². The van der Waals surface area contributed by atoms with Gasteiger partial charge in [-0.1, -0.05) is 88.7 Å². The smallest absolute Gasteiger partial charge is 0.313 e. The topological polar surface area (TPSA) is 135 Å². The number of likely N-dealkylation sites (tertiary alicyclic amines) is 1. The lowest BCUT2D eigenvalue weighted by molar-refractivity contribution is -0.162. The molecule has 3 heterocycles. The van der Waals surface area contributed by atoms with Crippen molar-refractivity contribution >= 4 is 45.3 Å². The minimum atomic E-state index is -1.43. The quantitative estimate of drug-likeness (QED) is 0.106. The number of amides is 3. The molecule has 55 heavy (non-hydrogen) atoms. The van der Waals surface area contributed by atoms with E-state index in [1.165, 1.54) is 4.90 Å². The predicted molar refractivity (Wildman–Crippen MR) is 211 cm³/mol. The van der Waals surface area contributed by atoms with Gasteiger partial charge in [-0.15, -0.1) is 13.2 Å². The van der Waals surface area contributed by atoms with Gasteiger partial charge in [0.15, 0.2) is 0 Å². The van der Waals surface area contributed by atoms with E-state index in [2.05, 4.69) is 34.4 Å². The van der Waals surface area contributed by atoms with Gasteiger partial charge in [-0.2, -0.15) is 0 Å². The normalized spacial score (nSPS) is 25.3. The average Bonchev–Trinajstić information content (AvgIpc) is 3.80. The maximum atomic E-state index is 15.2. The summed E-state index contributed by atoms with van der Waals surface area (Å²) in [6, 6.07) is 22.9. The van der Waals surface area contributed by atoms with Gasteiger partial charge in [-0.05, 0) is 61.6 Å². The van der Waals surface area contributed by atoms with Crippen LogP contribution in [0.3, 0.4) is 0 Å². The highest BCUT2D eigenvalue weighted by Crippen LogP contribution is 2.61. The van der Waals surface area contributed by atoms with Gasteiger partial charge in [-0.25, -0.2) is 0 Å². The van der Waals surface area contributed by atoms with E-state index in [-0.39, 0.29) is 31.7 Å². The summed E-state index contributed by atoms with van der Waals surface area (Å²) in [6.45, 7) is 9.04. The van der Waals surface area contributed by atoms with Crippen LogP contribution in [0.25, 0.3) is 0 Å². The summed E-state index contributed by atoms with van der Waals surface area (Å²) in [5.74, 6) is -3.37. The summed E-state index contributed by atoms with van der Waals surface area (Å²) in [4.78, 5) is 60.3. The molecule has 3 aromatic rings. The number of allylic oxidation sites excluding steroid dienone is 1. The van der Waals surface area contributed by atoms with Crippen LogP contribution in [0.4, 0.5) is 5.69 Å². The molecule has 11 nitrogen and oxygen atoms in total. The maximum Gasteiger partial charge on any atom is 0.313 e. The summed E-state index contributed by atoms with van der Waals surface area (Å²) in [5, 5.41) is 13.9. The molecule has 3 aliphatic rings. The number of alkyl halides is 1. The van der Waals surface area contributed by atoms with E-state index in [0.717, 1.165) is 5.56 Å². The molecule has 0 radical (unpaired) electrons. The molecule has 3 aromatic carbocycles. The van der Waals surface area contributed by atoms with Crippen LogP contribution in [0.15, 0.2) is 110 Å². The van der Waals surface area contributed by atoms with E-state index in [9.17, 15) is 14.7 Å². The summed E-state index contributed by atoms with van der Waals surface area (Å²) < 4.78 is 18.5. The van der Waals surface area contributed by atoms with Crippen LogP contribution in [0.1, 0.15) is 43.4 Å². The number of aliphatic hydroxyl groups excluding tert-OH is 1. The maximum absolute atomic E-state index is 15.2. The fraction of sp³-hybridized carbons (Fsp3) is 0.395. The molecule has 12 heteroatoms. The Labute approximate surface area is 330 Å². The van der Waals surface area contributed by atoms with E-state index in [4.69, 9.17) is 14.2 Å². The van der Waals surface area contributed by atoms with Crippen LogP contribution in [0.2, 0.25) is 0 Å². The Morgan fingerprint density at radius 2 is 1.73 bits per heavy atom.